The summed E-state index contributed by atoms with van der Waals surface area (Å²) >= 11 is 1.68. The topological polar surface area (TPSA) is 57.8 Å². The van der Waals surface area contributed by atoms with Crippen molar-refractivity contribution >= 4 is 29.4 Å². The van der Waals surface area contributed by atoms with Crippen LogP contribution in [0.3, 0.4) is 0 Å². The number of nitrogens with zero attached hydrogens (tertiary/aromatic N) is 1. The number of aromatic nitrogens is 2. The molecular weight excluding hydrogens is 306 g/mol. The number of hydrogen-bond acceptors (Lipinski definition) is 3. The van der Waals surface area contributed by atoms with Gasteiger partial charge in [-0.25, -0.2) is 0 Å². The van der Waals surface area contributed by atoms with Crippen molar-refractivity contribution in [3.8, 4) is 11.3 Å². The van der Waals surface area contributed by atoms with Crippen LogP contribution in [0.5, 0.6) is 0 Å². The highest BCUT2D eigenvalue weighted by Crippen LogP contribution is 2.24. The van der Waals surface area contributed by atoms with Gasteiger partial charge in [-0.3, -0.25) is 9.78 Å². The van der Waals surface area contributed by atoms with Crippen LogP contribution in [0, 0.1) is 0 Å². The maximum atomic E-state index is 11.9. The lowest BCUT2D eigenvalue weighted by Crippen LogP contribution is -2.31. The Morgan fingerprint density at radius 2 is 2.17 bits per heavy atom. The molecule has 0 aromatic carbocycles. The van der Waals surface area contributed by atoms with Crippen molar-refractivity contribution in [3.05, 3.63) is 63.7 Å². The molecule has 0 unspecified atom stereocenters. The molecule has 0 spiro atoms. The van der Waals surface area contributed by atoms with E-state index in [1.54, 1.807) is 17.5 Å². The summed E-state index contributed by atoms with van der Waals surface area (Å²) in [6.45, 7) is 0.691. The molecular formula is C18H15N3OS. The summed E-state index contributed by atoms with van der Waals surface area (Å²) in [6, 6.07) is 7.98. The molecule has 114 valence electrons. The van der Waals surface area contributed by atoms with E-state index in [2.05, 4.69) is 38.2 Å². The zero-order chi connectivity index (χ0) is 15.6. The second-order valence-corrected chi connectivity index (χ2v) is 6.22. The van der Waals surface area contributed by atoms with Gasteiger partial charge in [0.15, 0.2) is 0 Å². The molecule has 0 aliphatic carbocycles. The second-order valence-electron chi connectivity index (χ2n) is 5.44. The first-order chi connectivity index (χ1) is 11.3. The number of hydrogen-bond donors (Lipinski definition) is 2. The maximum Gasteiger partial charge on any atom is 0.253 e. The number of aromatic amines is 1. The zero-order valence-corrected chi connectivity index (χ0v) is 13.2. The first-order valence-electron chi connectivity index (χ1n) is 7.46. The van der Waals surface area contributed by atoms with E-state index in [0.717, 1.165) is 34.6 Å². The fourth-order valence-electron chi connectivity index (χ4n) is 2.71. The van der Waals surface area contributed by atoms with E-state index in [4.69, 9.17) is 0 Å². The largest absolute Gasteiger partial charge is 0.358 e. The standard InChI is InChI=1S/C18H15N3OS/c22-18-15-10-17(21-16(15)4-7-20-18)13-3-6-19-14(9-13)2-1-12-5-8-23-11-12/h1-3,5-6,8-11,21H,4,7H2,(H,20,22)/b2-1+. The SMILES string of the molecule is O=C1NCCc2[nH]c(-c3ccnc(/C=C/c4ccsc4)c3)cc21. The van der Waals surface area contributed by atoms with E-state index in [1.165, 1.54) is 5.56 Å². The number of thiophene rings is 1. The Morgan fingerprint density at radius 3 is 3.00 bits per heavy atom. The average Bonchev–Trinajstić information content (AvgIpc) is 3.23. The van der Waals surface area contributed by atoms with Gasteiger partial charge in [-0.1, -0.05) is 6.08 Å². The fraction of sp³-hybridized carbons (Fsp3) is 0.111. The van der Waals surface area contributed by atoms with E-state index in [9.17, 15) is 4.79 Å². The van der Waals surface area contributed by atoms with E-state index in [1.807, 2.05) is 24.3 Å². The summed E-state index contributed by atoms with van der Waals surface area (Å²) in [5.41, 5.74) is 5.82. The second kappa shape index (κ2) is 5.85. The van der Waals surface area contributed by atoms with Crippen molar-refractivity contribution < 1.29 is 4.79 Å². The highest BCUT2D eigenvalue weighted by atomic mass is 32.1. The molecule has 0 saturated carbocycles. The number of H-pyrrole nitrogens is 1. The highest BCUT2D eigenvalue weighted by molar-refractivity contribution is 7.08. The quantitative estimate of drug-likeness (QED) is 0.774. The predicted molar refractivity (Wildman–Crippen MR) is 93.3 cm³/mol. The van der Waals surface area contributed by atoms with Gasteiger partial charge in [0, 0.05) is 36.1 Å². The Bertz CT molecular complexity index is 878. The van der Waals surface area contributed by atoms with Gasteiger partial charge < -0.3 is 10.3 Å². The van der Waals surface area contributed by atoms with Crippen LogP contribution >= 0.6 is 11.3 Å². The van der Waals surface area contributed by atoms with Crippen LogP contribution in [0.15, 0.2) is 41.2 Å². The number of fused-ring (bicyclic) bond motifs is 1. The van der Waals surface area contributed by atoms with Crippen molar-refractivity contribution in [2.45, 2.75) is 6.42 Å². The van der Waals surface area contributed by atoms with Gasteiger partial charge in [-0.2, -0.15) is 11.3 Å². The fourth-order valence-corrected chi connectivity index (χ4v) is 3.34. The molecule has 1 aliphatic heterocycles. The van der Waals surface area contributed by atoms with E-state index in [-0.39, 0.29) is 5.91 Å². The molecule has 1 amide bonds. The first kappa shape index (κ1) is 14.0. The van der Waals surface area contributed by atoms with Crippen LogP contribution in [0.25, 0.3) is 23.4 Å². The Balaban J connectivity index is 1.65. The molecule has 3 aromatic rings. The smallest absolute Gasteiger partial charge is 0.253 e. The number of nitrogens with one attached hydrogen (secondary N) is 2. The van der Waals surface area contributed by atoms with Crippen molar-refractivity contribution in [3.63, 3.8) is 0 Å². The number of pyridine rings is 1. The Kier molecular flexibility index (Phi) is 3.55. The summed E-state index contributed by atoms with van der Waals surface area (Å²) in [7, 11) is 0. The third kappa shape index (κ3) is 2.83. The predicted octanol–water partition coefficient (Wildman–Crippen LogP) is 3.59. The van der Waals surface area contributed by atoms with Gasteiger partial charge in [-0.05, 0) is 46.7 Å². The molecule has 4 nitrogen and oxygen atoms in total. The Hall–Kier alpha value is -2.66. The van der Waals surface area contributed by atoms with Crippen LogP contribution < -0.4 is 5.32 Å². The lowest BCUT2D eigenvalue weighted by Gasteiger charge is -2.10. The molecule has 5 heteroatoms. The molecule has 3 aromatic heterocycles. The molecule has 2 N–H and O–H groups in total. The lowest BCUT2D eigenvalue weighted by molar-refractivity contribution is 0.0946. The summed E-state index contributed by atoms with van der Waals surface area (Å²) in [5, 5.41) is 7.02. The van der Waals surface area contributed by atoms with E-state index in [0.29, 0.717) is 6.54 Å². The van der Waals surface area contributed by atoms with Crippen molar-refractivity contribution in [2.24, 2.45) is 0 Å². The minimum absolute atomic E-state index is 0.000355. The molecule has 23 heavy (non-hydrogen) atoms. The molecule has 0 bridgehead atoms. The maximum absolute atomic E-state index is 11.9. The van der Waals surface area contributed by atoms with Crippen LogP contribution in [0.4, 0.5) is 0 Å². The van der Waals surface area contributed by atoms with Gasteiger partial charge in [0.05, 0.1) is 11.3 Å². The van der Waals surface area contributed by atoms with Crippen LogP contribution in [-0.4, -0.2) is 22.4 Å². The number of rotatable bonds is 3. The first-order valence-corrected chi connectivity index (χ1v) is 8.41. The van der Waals surface area contributed by atoms with Crippen molar-refractivity contribution in [1.29, 1.82) is 0 Å². The minimum Gasteiger partial charge on any atom is -0.358 e. The van der Waals surface area contributed by atoms with Crippen LogP contribution in [0.1, 0.15) is 27.3 Å². The molecule has 0 radical (unpaired) electrons. The molecule has 0 saturated heterocycles. The monoisotopic (exact) mass is 321 g/mol. The summed E-state index contributed by atoms with van der Waals surface area (Å²) in [4.78, 5) is 19.6. The molecule has 0 fully saturated rings. The Morgan fingerprint density at radius 1 is 1.22 bits per heavy atom. The van der Waals surface area contributed by atoms with Crippen LogP contribution in [0.2, 0.25) is 0 Å². The van der Waals surface area contributed by atoms with Gasteiger partial charge in [0.25, 0.3) is 5.91 Å². The average molecular weight is 321 g/mol. The van der Waals surface area contributed by atoms with Gasteiger partial charge in [0.2, 0.25) is 0 Å². The van der Waals surface area contributed by atoms with Gasteiger partial charge in [-0.15, -0.1) is 0 Å². The highest BCUT2D eigenvalue weighted by Gasteiger charge is 2.19. The molecule has 4 heterocycles. The third-order valence-electron chi connectivity index (χ3n) is 3.89. The summed E-state index contributed by atoms with van der Waals surface area (Å²) < 4.78 is 0. The van der Waals surface area contributed by atoms with Crippen LogP contribution in [-0.2, 0) is 6.42 Å². The number of carbonyl (C=O) groups is 1. The van der Waals surface area contributed by atoms with E-state index < -0.39 is 0 Å². The minimum atomic E-state index is 0.000355. The summed E-state index contributed by atoms with van der Waals surface area (Å²) in [6.07, 6.45) is 6.69. The van der Waals surface area contributed by atoms with Crippen molar-refractivity contribution in [1.82, 2.24) is 15.3 Å². The summed E-state index contributed by atoms with van der Waals surface area (Å²) in [5.74, 6) is 0.000355. The third-order valence-corrected chi connectivity index (χ3v) is 4.59. The number of carbonyl (C=O) groups excluding carboxylic acids is 1. The lowest BCUT2D eigenvalue weighted by atomic mass is 10.1. The Labute approximate surface area is 137 Å². The normalized spacial score (nSPS) is 14.0. The molecule has 1 aliphatic rings. The molecule has 0 atom stereocenters. The van der Waals surface area contributed by atoms with Gasteiger partial charge >= 0.3 is 0 Å². The zero-order valence-electron chi connectivity index (χ0n) is 12.4. The van der Waals surface area contributed by atoms with E-state index >= 15 is 0 Å². The molecule has 4 rings (SSSR count). The van der Waals surface area contributed by atoms with Crippen molar-refractivity contribution in [2.75, 3.05) is 6.54 Å². The number of amides is 1. The van der Waals surface area contributed by atoms with Gasteiger partial charge in [0.1, 0.15) is 0 Å².